The minimum absolute atomic E-state index is 0.190. The van der Waals surface area contributed by atoms with Crippen LogP contribution in [0.15, 0.2) is 48.5 Å². The van der Waals surface area contributed by atoms with Crippen LogP contribution in [0, 0.1) is 11.3 Å². The Morgan fingerprint density at radius 3 is 2.48 bits per heavy atom. The summed E-state index contributed by atoms with van der Waals surface area (Å²) in [5, 5.41) is 28.9. The lowest BCUT2D eigenvalue weighted by molar-refractivity contribution is 0.0665. The van der Waals surface area contributed by atoms with E-state index < -0.39 is 0 Å². The summed E-state index contributed by atoms with van der Waals surface area (Å²) in [7, 11) is 0. The van der Waals surface area contributed by atoms with E-state index in [9.17, 15) is 15.5 Å². The summed E-state index contributed by atoms with van der Waals surface area (Å²) in [6.45, 7) is 1.41. The van der Waals surface area contributed by atoms with Crippen LogP contribution in [0.1, 0.15) is 42.4 Å². The molecule has 0 atom stereocenters. The zero-order valence-corrected chi connectivity index (χ0v) is 14.3. The Labute approximate surface area is 149 Å². The molecule has 4 nitrogen and oxygen atoms in total. The van der Waals surface area contributed by atoms with E-state index >= 15 is 0 Å². The van der Waals surface area contributed by atoms with Gasteiger partial charge in [0.1, 0.15) is 5.75 Å². The van der Waals surface area contributed by atoms with Crippen molar-refractivity contribution in [3.63, 3.8) is 0 Å². The third-order valence-corrected chi connectivity index (χ3v) is 4.99. The maximum atomic E-state index is 9.81. The third-order valence-electron chi connectivity index (χ3n) is 4.99. The van der Waals surface area contributed by atoms with Crippen molar-refractivity contribution < 1.29 is 10.2 Å². The fourth-order valence-corrected chi connectivity index (χ4v) is 3.61. The number of phenols is 1. The third kappa shape index (κ3) is 4.60. The van der Waals surface area contributed by atoms with E-state index in [2.05, 4.69) is 11.0 Å². The van der Waals surface area contributed by atoms with Crippen LogP contribution in [0.25, 0.3) is 0 Å². The van der Waals surface area contributed by atoms with Gasteiger partial charge in [0.05, 0.1) is 17.7 Å². The largest absolute Gasteiger partial charge is 0.508 e. The van der Waals surface area contributed by atoms with Crippen molar-refractivity contribution in [2.45, 2.75) is 50.9 Å². The molecule has 1 saturated carbocycles. The number of nitriles is 1. The maximum Gasteiger partial charge on any atom is 0.115 e. The molecule has 0 radical (unpaired) electrons. The van der Waals surface area contributed by atoms with Gasteiger partial charge in [-0.15, -0.1) is 0 Å². The average molecular weight is 336 g/mol. The number of hydrogen-bond donors (Lipinski definition) is 2. The van der Waals surface area contributed by atoms with Crippen LogP contribution in [0.5, 0.6) is 5.75 Å². The highest BCUT2D eigenvalue weighted by Crippen LogP contribution is 2.27. The molecule has 0 spiro atoms. The maximum absolute atomic E-state index is 9.81. The van der Waals surface area contributed by atoms with Gasteiger partial charge < -0.3 is 10.2 Å². The summed E-state index contributed by atoms with van der Waals surface area (Å²) >= 11 is 0. The van der Waals surface area contributed by atoms with E-state index in [1.807, 2.05) is 36.4 Å². The van der Waals surface area contributed by atoms with Crippen molar-refractivity contribution in [2.24, 2.45) is 0 Å². The molecule has 0 aromatic heterocycles. The van der Waals surface area contributed by atoms with Gasteiger partial charge in [-0.05, 0) is 55.0 Å². The summed E-state index contributed by atoms with van der Waals surface area (Å²) < 4.78 is 0. The first-order chi connectivity index (χ1) is 12.2. The Balaban J connectivity index is 1.82. The van der Waals surface area contributed by atoms with E-state index in [4.69, 9.17) is 0 Å². The second kappa shape index (κ2) is 8.15. The van der Waals surface area contributed by atoms with Gasteiger partial charge in [-0.25, -0.2) is 0 Å². The first-order valence-corrected chi connectivity index (χ1v) is 8.83. The molecule has 1 aliphatic rings. The average Bonchev–Trinajstić information content (AvgIpc) is 2.62. The van der Waals surface area contributed by atoms with E-state index in [1.54, 1.807) is 12.1 Å². The first-order valence-electron chi connectivity index (χ1n) is 8.83. The molecule has 1 aliphatic carbocycles. The van der Waals surface area contributed by atoms with Gasteiger partial charge in [-0.1, -0.05) is 30.3 Å². The highest BCUT2D eigenvalue weighted by Gasteiger charge is 2.25. The van der Waals surface area contributed by atoms with Gasteiger partial charge in [0.15, 0.2) is 0 Å². The van der Waals surface area contributed by atoms with Crippen LogP contribution in [0.4, 0.5) is 0 Å². The van der Waals surface area contributed by atoms with Gasteiger partial charge in [-0.2, -0.15) is 5.26 Å². The molecule has 2 aromatic rings. The summed E-state index contributed by atoms with van der Waals surface area (Å²) in [5.41, 5.74) is 2.79. The lowest BCUT2D eigenvalue weighted by Gasteiger charge is -2.36. The molecule has 0 unspecified atom stereocenters. The van der Waals surface area contributed by atoms with Crippen molar-refractivity contribution in [2.75, 3.05) is 0 Å². The summed E-state index contributed by atoms with van der Waals surface area (Å²) in [5.74, 6) is 0.272. The Morgan fingerprint density at radius 2 is 1.76 bits per heavy atom. The van der Waals surface area contributed by atoms with Gasteiger partial charge in [-0.3, -0.25) is 4.90 Å². The molecule has 0 saturated heterocycles. The van der Waals surface area contributed by atoms with E-state index in [-0.39, 0.29) is 11.9 Å². The van der Waals surface area contributed by atoms with Crippen molar-refractivity contribution >= 4 is 0 Å². The number of rotatable bonds is 5. The van der Waals surface area contributed by atoms with Crippen LogP contribution < -0.4 is 0 Å². The highest BCUT2D eigenvalue weighted by atomic mass is 16.3. The first kappa shape index (κ1) is 17.5. The Bertz CT molecular complexity index is 746. The van der Waals surface area contributed by atoms with E-state index in [0.717, 1.165) is 43.4 Å². The fourth-order valence-electron chi connectivity index (χ4n) is 3.61. The number of hydrogen-bond acceptors (Lipinski definition) is 4. The number of aromatic hydroxyl groups is 1. The molecule has 0 amide bonds. The summed E-state index contributed by atoms with van der Waals surface area (Å²) in [6, 6.07) is 17.7. The summed E-state index contributed by atoms with van der Waals surface area (Å²) in [6.07, 6.45) is 3.36. The molecule has 2 aromatic carbocycles. The molecule has 4 heteroatoms. The topological polar surface area (TPSA) is 67.5 Å². The molecule has 0 aliphatic heterocycles. The predicted molar refractivity (Wildman–Crippen MR) is 96.8 cm³/mol. The molecule has 130 valence electrons. The molecule has 3 rings (SSSR count). The van der Waals surface area contributed by atoms with Crippen LogP contribution in [0.3, 0.4) is 0 Å². The standard InChI is InChI=1S/C21H24N2O2/c22-13-17-5-1-2-6-18(17)15-23(19-8-10-20(24)11-9-19)14-16-4-3-7-21(25)12-16/h1-7,12,19-20,24-25H,8-11,14-15H2. The monoisotopic (exact) mass is 336 g/mol. The van der Waals surface area contributed by atoms with E-state index in [1.165, 1.54) is 0 Å². The minimum Gasteiger partial charge on any atom is -0.508 e. The van der Waals surface area contributed by atoms with Crippen LogP contribution in [0.2, 0.25) is 0 Å². The van der Waals surface area contributed by atoms with Gasteiger partial charge in [0.25, 0.3) is 0 Å². The number of phenolic OH excluding ortho intramolecular Hbond substituents is 1. The molecule has 0 heterocycles. The number of benzene rings is 2. The van der Waals surface area contributed by atoms with Crippen molar-refractivity contribution in [1.82, 2.24) is 4.90 Å². The zero-order valence-electron chi connectivity index (χ0n) is 14.3. The summed E-state index contributed by atoms with van der Waals surface area (Å²) in [4.78, 5) is 2.37. The van der Waals surface area contributed by atoms with Gasteiger partial charge in [0.2, 0.25) is 0 Å². The molecule has 25 heavy (non-hydrogen) atoms. The number of nitrogens with zero attached hydrogens (tertiary/aromatic N) is 2. The minimum atomic E-state index is -0.190. The van der Waals surface area contributed by atoms with Crippen LogP contribution in [-0.2, 0) is 13.1 Å². The zero-order chi connectivity index (χ0) is 17.6. The lowest BCUT2D eigenvalue weighted by Crippen LogP contribution is -2.38. The van der Waals surface area contributed by atoms with E-state index in [0.29, 0.717) is 18.2 Å². The molecular weight excluding hydrogens is 312 g/mol. The second-order valence-electron chi connectivity index (χ2n) is 6.81. The fraction of sp³-hybridized carbons (Fsp3) is 0.381. The number of aliphatic hydroxyl groups excluding tert-OH is 1. The number of aliphatic hydroxyl groups is 1. The lowest BCUT2D eigenvalue weighted by atomic mass is 9.91. The Kier molecular flexibility index (Phi) is 5.70. The van der Waals surface area contributed by atoms with Crippen LogP contribution >= 0.6 is 0 Å². The van der Waals surface area contributed by atoms with Crippen LogP contribution in [-0.4, -0.2) is 27.3 Å². The van der Waals surface area contributed by atoms with Crippen molar-refractivity contribution in [3.8, 4) is 11.8 Å². The second-order valence-corrected chi connectivity index (χ2v) is 6.81. The van der Waals surface area contributed by atoms with Gasteiger partial charge in [0, 0.05) is 19.1 Å². The highest BCUT2D eigenvalue weighted by molar-refractivity contribution is 5.37. The SMILES string of the molecule is N#Cc1ccccc1CN(Cc1cccc(O)c1)C1CCC(O)CC1. The molecule has 1 fully saturated rings. The molecular formula is C21H24N2O2. The predicted octanol–water partition coefficient (Wildman–Crippen LogP) is 3.57. The van der Waals surface area contributed by atoms with Crippen molar-refractivity contribution in [3.05, 3.63) is 65.2 Å². The van der Waals surface area contributed by atoms with Crippen molar-refractivity contribution in [1.29, 1.82) is 5.26 Å². The Hall–Kier alpha value is -2.35. The Morgan fingerprint density at radius 1 is 1.00 bits per heavy atom. The van der Waals surface area contributed by atoms with Gasteiger partial charge >= 0.3 is 0 Å². The molecule has 0 bridgehead atoms. The molecule has 2 N–H and O–H groups in total. The quantitative estimate of drug-likeness (QED) is 0.876. The normalized spacial score (nSPS) is 20.4. The smallest absolute Gasteiger partial charge is 0.115 e.